The Morgan fingerprint density at radius 1 is 1.12 bits per heavy atom. The van der Waals surface area contributed by atoms with Crippen LogP contribution in [-0.4, -0.2) is 30.4 Å². The van der Waals surface area contributed by atoms with E-state index >= 15 is 0 Å². The zero-order valence-electron chi connectivity index (χ0n) is 19.3. The molecule has 0 bridgehead atoms. The lowest BCUT2D eigenvalue weighted by molar-refractivity contribution is 0.277. The van der Waals surface area contributed by atoms with Crippen LogP contribution in [0.15, 0.2) is 57.7 Å². The van der Waals surface area contributed by atoms with Crippen molar-refractivity contribution in [2.75, 3.05) is 6.61 Å². The summed E-state index contributed by atoms with van der Waals surface area (Å²) < 4.78 is 10.4. The van der Waals surface area contributed by atoms with Crippen molar-refractivity contribution in [3.63, 3.8) is 0 Å². The molecule has 0 unspecified atom stereocenters. The molecule has 0 radical (unpaired) electrons. The number of nitrogens with zero attached hydrogens (tertiary/aromatic N) is 4. The van der Waals surface area contributed by atoms with Crippen molar-refractivity contribution in [3.8, 4) is 11.8 Å². The van der Waals surface area contributed by atoms with Gasteiger partial charge in [0.2, 0.25) is 0 Å². The third-order valence-electron chi connectivity index (χ3n) is 5.91. The quantitative estimate of drug-likeness (QED) is 0.567. The second kappa shape index (κ2) is 9.62. The van der Waals surface area contributed by atoms with Crippen LogP contribution in [0.3, 0.4) is 0 Å². The van der Waals surface area contributed by atoms with Gasteiger partial charge in [-0.15, -0.1) is 0 Å². The number of allylic oxidation sites excluding steroid dienone is 4. The lowest BCUT2D eigenvalue weighted by Gasteiger charge is -2.13. The summed E-state index contributed by atoms with van der Waals surface area (Å²) in [7, 11) is 1.60. The maximum absolute atomic E-state index is 13.4. The van der Waals surface area contributed by atoms with E-state index in [1.54, 1.807) is 11.6 Å². The molecule has 1 N–H and O–H groups in total. The van der Waals surface area contributed by atoms with Crippen LogP contribution in [0.2, 0.25) is 0 Å². The van der Waals surface area contributed by atoms with Crippen molar-refractivity contribution >= 4 is 11.2 Å². The third-order valence-corrected chi connectivity index (χ3v) is 5.91. The molecule has 8 nitrogen and oxygen atoms in total. The summed E-state index contributed by atoms with van der Waals surface area (Å²) in [6.45, 7) is 4.69. The van der Waals surface area contributed by atoms with Crippen molar-refractivity contribution in [1.82, 2.24) is 18.7 Å². The molecule has 1 aliphatic rings. The topological polar surface area (TPSA) is 91.3 Å². The minimum Gasteiger partial charge on any atom is -0.425 e. The number of ether oxygens (including phenoxy) is 1. The maximum Gasteiger partial charge on any atom is 0.332 e. The molecule has 0 fully saturated rings. The molecular formula is C25H30N4O4. The molecule has 0 amide bonds. The van der Waals surface area contributed by atoms with Crippen LogP contribution < -0.4 is 16.0 Å². The van der Waals surface area contributed by atoms with Gasteiger partial charge in [-0.2, -0.15) is 4.98 Å². The van der Waals surface area contributed by atoms with Crippen LogP contribution in [0.5, 0.6) is 11.8 Å². The number of aromatic nitrogens is 4. The van der Waals surface area contributed by atoms with E-state index in [1.165, 1.54) is 10.1 Å². The minimum absolute atomic E-state index is 0.106. The molecule has 33 heavy (non-hydrogen) atoms. The first-order chi connectivity index (χ1) is 15.9. The van der Waals surface area contributed by atoms with Gasteiger partial charge in [-0.3, -0.25) is 18.5 Å². The highest BCUT2D eigenvalue weighted by atomic mass is 16.5. The van der Waals surface area contributed by atoms with Gasteiger partial charge in [0.15, 0.2) is 11.2 Å². The zero-order valence-corrected chi connectivity index (χ0v) is 19.3. The molecule has 0 aliphatic heterocycles. The summed E-state index contributed by atoms with van der Waals surface area (Å²) in [5.41, 5.74) is 1.94. The molecule has 0 spiro atoms. The largest absolute Gasteiger partial charge is 0.425 e. The summed E-state index contributed by atoms with van der Waals surface area (Å²) >= 11 is 0. The van der Waals surface area contributed by atoms with Gasteiger partial charge in [0.05, 0.1) is 6.54 Å². The standard InChI is InChI=1S/C25H30N4O4/c1-17(2)19-10-12-20(13-11-19)33-24-26-22-21(29(24)16-18-8-5-4-6-9-18)23(31)28(14-7-15-30)25(32)27(22)3/h5,8-13,17,30H,4,6-7,14-16H2,1-3H3. The summed E-state index contributed by atoms with van der Waals surface area (Å²) in [4.78, 5) is 30.7. The molecule has 2 heterocycles. The molecule has 1 aromatic carbocycles. The molecule has 8 heteroatoms. The van der Waals surface area contributed by atoms with E-state index in [1.807, 2.05) is 30.3 Å². The second-order valence-electron chi connectivity index (χ2n) is 8.61. The van der Waals surface area contributed by atoms with Gasteiger partial charge < -0.3 is 9.84 Å². The number of fused-ring (bicyclic) bond motifs is 1. The van der Waals surface area contributed by atoms with Crippen molar-refractivity contribution in [1.29, 1.82) is 0 Å². The van der Waals surface area contributed by atoms with E-state index in [9.17, 15) is 14.7 Å². The van der Waals surface area contributed by atoms with Gasteiger partial charge in [0.1, 0.15) is 5.75 Å². The molecule has 174 valence electrons. The van der Waals surface area contributed by atoms with Crippen molar-refractivity contribution in [3.05, 3.63) is 74.5 Å². The normalized spacial score (nSPS) is 13.7. The number of hydrogen-bond acceptors (Lipinski definition) is 5. The van der Waals surface area contributed by atoms with E-state index in [0.717, 1.165) is 23.0 Å². The monoisotopic (exact) mass is 450 g/mol. The number of benzene rings is 1. The molecule has 1 aliphatic carbocycles. The highest BCUT2D eigenvalue weighted by molar-refractivity contribution is 5.72. The Balaban J connectivity index is 1.86. The Bertz CT molecular complexity index is 1320. The number of imidazole rings is 1. The highest BCUT2D eigenvalue weighted by Crippen LogP contribution is 2.27. The summed E-state index contributed by atoms with van der Waals surface area (Å²) in [6.07, 6.45) is 8.53. The fraction of sp³-hybridized carbons (Fsp3) is 0.400. The lowest BCUT2D eigenvalue weighted by Crippen LogP contribution is -2.39. The Labute approximate surface area is 192 Å². The predicted octanol–water partition coefficient (Wildman–Crippen LogP) is 3.47. The average Bonchev–Trinajstić information content (AvgIpc) is 3.16. The fourth-order valence-corrected chi connectivity index (χ4v) is 4.00. The van der Waals surface area contributed by atoms with E-state index in [2.05, 4.69) is 31.0 Å². The SMILES string of the molecule is CC(C)c1ccc(Oc2nc3c(c(=O)n(CCCO)c(=O)n3C)n2CC2=CCCC=C2)cc1. The lowest BCUT2D eigenvalue weighted by atomic mass is 10.0. The van der Waals surface area contributed by atoms with Gasteiger partial charge in [0, 0.05) is 20.2 Å². The first-order valence-electron chi connectivity index (χ1n) is 11.3. The summed E-state index contributed by atoms with van der Waals surface area (Å²) in [5.74, 6) is 1.01. The van der Waals surface area contributed by atoms with Gasteiger partial charge in [-0.1, -0.05) is 44.2 Å². The Kier molecular flexibility index (Phi) is 6.65. The summed E-state index contributed by atoms with van der Waals surface area (Å²) in [6, 6.07) is 8.05. The van der Waals surface area contributed by atoms with Crippen LogP contribution in [0.25, 0.3) is 11.2 Å². The molecule has 0 saturated carbocycles. The summed E-state index contributed by atoms with van der Waals surface area (Å²) in [5, 5.41) is 9.21. The first kappa shape index (κ1) is 22.8. The number of aliphatic hydroxyl groups is 1. The molecule has 4 rings (SSSR count). The first-order valence-corrected chi connectivity index (χ1v) is 11.3. The van der Waals surface area contributed by atoms with Crippen LogP contribution in [0.4, 0.5) is 0 Å². The van der Waals surface area contributed by atoms with Gasteiger partial charge >= 0.3 is 11.7 Å². The molecule has 2 aromatic heterocycles. The molecule has 0 atom stereocenters. The molecular weight excluding hydrogens is 420 g/mol. The fourth-order valence-electron chi connectivity index (χ4n) is 4.00. The van der Waals surface area contributed by atoms with Crippen LogP contribution >= 0.6 is 0 Å². The van der Waals surface area contributed by atoms with Gasteiger partial charge in [0.25, 0.3) is 5.56 Å². The van der Waals surface area contributed by atoms with E-state index in [4.69, 9.17) is 4.74 Å². The van der Waals surface area contributed by atoms with E-state index in [-0.39, 0.29) is 24.8 Å². The van der Waals surface area contributed by atoms with Crippen molar-refractivity contribution in [2.45, 2.75) is 52.1 Å². The number of aliphatic hydroxyl groups excluding tert-OH is 1. The Hall–Kier alpha value is -3.39. The highest BCUT2D eigenvalue weighted by Gasteiger charge is 2.22. The number of hydrogen-bond donors (Lipinski definition) is 1. The molecule has 0 saturated heterocycles. The van der Waals surface area contributed by atoms with Crippen molar-refractivity contribution in [2.24, 2.45) is 7.05 Å². The average molecular weight is 451 g/mol. The Morgan fingerprint density at radius 2 is 1.88 bits per heavy atom. The van der Waals surface area contributed by atoms with Crippen LogP contribution in [0, 0.1) is 0 Å². The van der Waals surface area contributed by atoms with Crippen molar-refractivity contribution < 1.29 is 9.84 Å². The van der Waals surface area contributed by atoms with E-state index in [0.29, 0.717) is 30.1 Å². The maximum atomic E-state index is 13.4. The number of aryl methyl sites for hydroxylation is 1. The molecule has 3 aromatic rings. The van der Waals surface area contributed by atoms with Crippen LogP contribution in [-0.2, 0) is 20.1 Å². The van der Waals surface area contributed by atoms with Gasteiger partial charge in [-0.05, 0) is 48.4 Å². The second-order valence-corrected chi connectivity index (χ2v) is 8.61. The smallest absolute Gasteiger partial charge is 0.332 e. The zero-order chi connectivity index (χ0) is 23.5. The van der Waals surface area contributed by atoms with Gasteiger partial charge in [-0.25, -0.2) is 4.79 Å². The van der Waals surface area contributed by atoms with Crippen LogP contribution in [0.1, 0.15) is 44.6 Å². The number of rotatable bonds is 8. The van der Waals surface area contributed by atoms with E-state index < -0.39 is 11.2 Å². The minimum atomic E-state index is -0.463. The Morgan fingerprint density at radius 3 is 2.52 bits per heavy atom. The third kappa shape index (κ3) is 4.57. The predicted molar refractivity (Wildman–Crippen MR) is 128 cm³/mol.